The first-order valence-corrected chi connectivity index (χ1v) is 13.4. The molecule has 0 spiro atoms. The summed E-state index contributed by atoms with van der Waals surface area (Å²) in [4.78, 5) is 44.2. The van der Waals surface area contributed by atoms with Crippen LogP contribution in [0.15, 0.2) is 72.8 Å². The van der Waals surface area contributed by atoms with Gasteiger partial charge in [0.15, 0.2) is 0 Å². The number of hydrogen-bond acceptors (Lipinski definition) is 6. The molecule has 1 heterocycles. The van der Waals surface area contributed by atoms with Gasteiger partial charge in [-0.05, 0) is 60.7 Å². The van der Waals surface area contributed by atoms with Gasteiger partial charge in [-0.25, -0.2) is 0 Å². The van der Waals surface area contributed by atoms with Crippen LogP contribution in [-0.4, -0.2) is 87.6 Å². The molecule has 1 aliphatic heterocycles. The van der Waals surface area contributed by atoms with Gasteiger partial charge in [0, 0.05) is 56.8 Å². The molecule has 9 nitrogen and oxygen atoms in total. The highest BCUT2D eigenvalue weighted by Crippen LogP contribution is 2.21. The molecule has 0 saturated carbocycles. The highest BCUT2D eigenvalue weighted by Gasteiger charge is 2.23. The van der Waals surface area contributed by atoms with Crippen molar-refractivity contribution in [3.05, 3.63) is 88.9 Å². The predicted octanol–water partition coefficient (Wildman–Crippen LogP) is 4.04. The van der Waals surface area contributed by atoms with Gasteiger partial charge in [0.05, 0.1) is 24.3 Å². The van der Waals surface area contributed by atoms with E-state index in [1.165, 1.54) is 4.90 Å². The second-order valence-corrected chi connectivity index (χ2v) is 9.71. The Morgan fingerprint density at radius 3 is 2.20 bits per heavy atom. The van der Waals surface area contributed by atoms with Crippen molar-refractivity contribution in [2.45, 2.75) is 0 Å². The van der Waals surface area contributed by atoms with Crippen LogP contribution < -0.4 is 15.0 Å². The Kier molecular flexibility index (Phi) is 9.99. The summed E-state index contributed by atoms with van der Waals surface area (Å²) in [6.07, 6.45) is 0. The fourth-order valence-corrected chi connectivity index (χ4v) is 4.69. The molecule has 0 bridgehead atoms. The quantitative estimate of drug-likeness (QED) is 0.400. The van der Waals surface area contributed by atoms with E-state index in [-0.39, 0.29) is 37.4 Å². The number of anilines is 2. The van der Waals surface area contributed by atoms with E-state index >= 15 is 0 Å². The zero-order valence-electron chi connectivity index (χ0n) is 22.6. The number of carbonyl (C=O) groups excluding carboxylic acids is 3. The summed E-state index contributed by atoms with van der Waals surface area (Å²) >= 11 is 6.20. The number of ether oxygens (including phenoxy) is 2. The smallest absolute Gasteiger partial charge is 0.255 e. The van der Waals surface area contributed by atoms with Gasteiger partial charge in [0.25, 0.3) is 11.8 Å². The summed E-state index contributed by atoms with van der Waals surface area (Å²) in [6, 6.07) is 21.4. The molecular weight excluding hydrogens is 532 g/mol. The van der Waals surface area contributed by atoms with Gasteiger partial charge in [-0.1, -0.05) is 23.7 Å². The lowest BCUT2D eigenvalue weighted by Crippen LogP contribution is -2.48. The zero-order chi connectivity index (χ0) is 28.5. The van der Waals surface area contributed by atoms with Crippen LogP contribution in [0.25, 0.3) is 0 Å². The van der Waals surface area contributed by atoms with Crippen molar-refractivity contribution in [2.75, 3.05) is 70.3 Å². The third-order valence-corrected chi connectivity index (χ3v) is 7.04. The molecule has 3 aromatic carbocycles. The first-order chi connectivity index (χ1) is 19.4. The van der Waals surface area contributed by atoms with Gasteiger partial charge < -0.3 is 29.5 Å². The fourth-order valence-electron chi connectivity index (χ4n) is 4.47. The number of benzene rings is 3. The lowest BCUT2D eigenvalue weighted by atomic mass is 10.1. The van der Waals surface area contributed by atoms with Gasteiger partial charge in [0.2, 0.25) is 5.91 Å². The molecule has 0 aromatic heterocycles. The van der Waals surface area contributed by atoms with E-state index in [0.717, 1.165) is 11.4 Å². The Hall–Kier alpha value is -4.08. The Balaban J connectivity index is 1.30. The summed E-state index contributed by atoms with van der Waals surface area (Å²) in [5.41, 5.74) is 2.61. The molecule has 1 fully saturated rings. The minimum absolute atomic E-state index is 0.00734. The number of carbonyl (C=O) groups is 3. The maximum absolute atomic E-state index is 13.0. The van der Waals surface area contributed by atoms with E-state index in [1.807, 2.05) is 29.2 Å². The second kappa shape index (κ2) is 13.8. The van der Waals surface area contributed by atoms with E-state index < -0.39 is 0 Å². The molecule has 3 aromatic rings. The molecule has 4 rings (SSSR count). The lowest BCUT2D eigenvalue weighted by molar-refractivity contribution is -0.117. The van der Waals surface area contributed by atoms with Gasteiger partial charge >= 0.3 is 0 Å². The molecule has 210 valence electrons. The summed E-state index contributed by atoms with van der Waals surface area (Å²) < 4.78 is 10.3. The SMILES string of the molecule is COCCN(CC(=O)Nc1ccc(N2CCN(C(=O)c3ccc(OC)cc3)CC2)cc1)C(=O)c1ccccc1Cl. The van der Waals surface area contributed by atoms with Crippen molar-refractivity contribution in [3.8, 4) is 5.75 Å². The van der Waals surface area contributed by atoms with E-state index in [0.29, 0.717) is 48.0 Å². The summed E-state index contributed by atoms with van der Waals surface area (Å²) in [7, 11) is 3.14. The average Bonchev–Trinajstić information content (AvgIpc) is 2.99. The van der Waals surface area contributed by atoms with Gasteiger partial charge in [-0.2, -0.15) is 0 Å². The van der Waals surface area contributed by atoms with Crippen LogP contribution in [0, 0.1) is 0 Å². The lowest BCUT2D eigenvalue weighted by Gasteiger charge is -2.36. The predicted molar refractivity (Wildman–Crippen MR) is 155 cm³/mol. The van der Waals surface area contributed by atoms with Crippen molar-refractivity contribution in [2.24, 2.45) is 0 Å². The number of methoxy groups -OCH3 is 2. The van der Waals surface area contributed by atoms with Gasteiger partial charge in [0.1, 0.15) is 12.3 Å². The van der Waals surface area contributed by atoms with Crippen LogP contribution in [0.3, 0.4) is 0 Å². The van der Waals surface area contributed by atoms with Crippen molar-refractivity contribution in [1.29, 1.82) is 0 Å². The second-order valence-electron chi connectivity index (χ2n) is 9.30. The molecule has 10 heteroatoms. The van der Waals surface area contributed by atoms with E-state index in [1.54, 1.807) is 62.8 Å². The number of nitrogens with one attached hydrogen (secondary N) is 1. The highest BCUT2D eigenvalue weighted by atomic mass is 35.5. The van der Waals surface area contributed by atoms with Crippen molar-refractivity contribution >= 4 is 40.7 Å². The third-order valence-electron chi connectivity index (χ3n) is 6.71. The van der Waals surface area contributed by atoms with Crippen molar-refractivity contribution in [1.82, 2.24) is 9.80 Å². The van der Waals surface area contributed by atoms with E-state index in [2.05, 4.69) is 10.2 Å². The molecule has 0 atom stereocenters. The van der Waals surface area contributed by atoms with Crippen molar-refractivity contribution in [3.63, 3.8) is 0 Å². The van der Waals surface area contributed by atoms with Gasteiger partial charge in [-0.15, -0.1) is 0 Å². The number of halogens is 1. The van der Waals surface area contributed by atoms with Crippen LogP contribution in [0.1, 0.15) is 20.7 Å². The molecular formula is C30H33ClN4O5. The molecule has 1 N–H and O–H groups in total. The maximum Gasteiger partial charge on any atom is 0.255 e. The summed E-state index contributed by atoms with van der Waals surface area (Å²) in [6.45, 7) is 3.02. The molecule has 0 radical (unpaired) electrons. The molecule has 1 saturated heterocycles. The standard InChI is InChI=1S/C30H33ClN4O5/c1-39-20-19-35(30(38)26-5-3-4-6-27(26)31)21-28(36)32-23-9-11-24(12-10-23)33-15-17-34(18-16-33)29(37)22-7-13-25(40-2)14-8-22/h3-14H,15-21H2,1-2H3,(H,32,36). The Morgan fingerprint density at radius 2 is 1.57 bits per heavy atom. The summed E-state index contributed by atoms with van der Waals surface area (Å²) in [5.74, 6) is 0.0654. The largest absolute Gasteiger partial charge is 0.497 e. The summed E-state index contributed by atoms with van der Waals surface area (Å²) in [5, 5.41) is 3.19. The molecule has 0 unspecified atom stereocenters. The monoisotopic (exact) mass is 564 g/mol. The fraction of sp³-hybridized carbons (Fsp3) is 0.300. The normalized spacial score (nSPS) is 13.1. The van der Waals surface area contributed by atoms with Crippen LogP contribution in [-0.2, 0) is 9.53 Å². The Bertz CT molecular complexity index is 1310. The van der Waals surface area contributed by atoms with E-state index in [9.17, 15) is 14.4 Å². The highest BCUT2D eigenvalue weighted by molar-refractivity contribution is 6.33. The molecule has 40 heavy (non-hydrogen) atoms. The first kappa shape index (κ1) is 28.9. The average molecular weight is 565 g/mol. The first-order valence-electron chi connectivity index (χ1n) is 13.0. The molecule has 3 amide bonds. The number of nitrogens with zero attached hydrogens (tertiary/aromatic N) is 3. The van der Waals surface area contributed by atoms with Gasteiger partial charge in [-0.3, -0.25) is 14.4 Å². The van der Waals surface area contributed by atoms with Crippen LogP contribution >= 0.6 is 11.6 Å². The number of hydrogen-bond donors (Lipinski definition) is 1. The number of piperazine rings is 1. The maximum atomic E-state index is 13.0. The number of amides is 3. The molecule has 1 aliphatic rings. The topological polar surface area (TPSA) is 91.4 Å². The number of rotatable bonds is 10. The van der Waals surface area contributed by atoms with Crippen LogP contribution in [0.2, 0.25) is 5.02 Å². The van der Waals surface area contributed by atoms with Crippen molar-refractivity contribution < 1.29 is 23.9 Å². The Labute approximate surface area is 239 Å². The third kappa shape index (κ3) is 7.31. The Morgan fingerprint density at radius 1 is 0.900 bits per heavy atom. The van der Waals surface area contributed by atoms with Crippen LogP contribution in [0.4, 0.5) is 11.4 Å². The molecule has 0 aliphatic carbocycles. The minimum Gasteiger partial charge on any atom is -0.497 e. The zero-order valence-corrected chi connectivity index (χ0v) is 23.4. The minimum atomic E-state index is -0.335. The van der Waals surface area contributed by atoms with E-state index in [4.69, 9.17) is 21.1 Å². The van der Waals surface area contributed by atoms with Crippen LogP contribution in [0.5, 0.6) is 5.75 Å².